The minimum atomic E-state index is 0.199. The Balaban J connectivity index is 2.45. The quantitative estimate of drug-likeness (QED) is 0.905. The van der Waals surface area contributed by atoms with Crippen LogP contribution < -0.4 is 10.5 Å². The molecule has 0 spiro atoms. The molecule has 0 amide bonds. The lowest BCUT2D eigenvalue weighted by Gasteiger charge is -2.10. The van der Waals surface area contributed by atoms with Crippen LogP contribution in [0.25, 0.3) is 10.9 Å². The van der Waals surface area contributed by atoms with Crippen LogP contribution in [0, 0.1) is 6.92 Å². The summed E-state index contributed by atoms with van der Waals surface area (Å²) in [5, 5.41) is 1.30. The van der Waals surface area contributed by atoms with Crippen LogP contribution in [0.2, 0.25) is 0 Å². The number of fused-ring (bicyclic) bond motifs is 1. The van der Waals surface area contributed by atoms with Gasteiger partial charge in [0.1, 0.15) is 5.75 Å². The fourth-order valence-corrected chi connectivity index (χ4v) is 2.66. The second-order valence-corrected chi connectivity index (χ2v) is 5.98. The van der Waals surface area contributed by atoms with Gasteiger partial charge in [-0.2, -0.15) is 0 Å². The van der Waals surface area contributed by atoms with Gasteiger partial charge in [-0.1, -0.05) is 0 Å². The van der Waals surface area contributed by atoms with Crippen molar-refractivity contribution in [2.75, 3.05) is 0 Å². The Kier molecular flexibility index (Phi) is 4.39. The molecule has 0 aliphatic heterocycles. The highest BCUT2D eigenvalue weighted by molar-refractivity contribution is 5.86. The standard InChI is InChI=1S/C17H26N2O/c1-11(2)20-14-7-9-17-16(10-14)15(8-6-12(3)18)13(4)19(17)5/h7,9-12H,6,8,18H2,1-5H3. The van der Waals surface area contributed by atoms with E-state index in [0.717, 1.165) is 18.6 Å². The molecule has 0 aliphatic rings. The predicted molar refractivity (Wildman–Crippen MR) is 85.4 cm³/mol. The molecular formula is C17H26N2O. The van der Waals surface area contributed by atoms with Gasteiger partial charge in [0, 0.05) is 29.7 Å². The van der Waals surface area contributed by atoms with Gasteiger partial charge in [-0.05, 0) is 64.3 Å². The molecule has 1 aromatic heterocycles. The van der Waals surface area contributed by atoms with Gasteiger partial charge in [0.05, 0.1) is 6.10 Å². The summed E-state index contributed by atoms with van der Waals surface area (Å²) in [5.74, 6) is 0.945. The zero-order valence-electron chi connectivity index (χ0n) is 13.2. The van der Waals surface area contributed by atoms with Gasteiger partial charge < -0.3 is 15.0 Å². The van der Waals surface area contributed by atoms with Crippen LogP contribution in [0.1, 0.15) is 38.4 Å². The van der Waals surface area contributed by atoms with Crippen molar-refractivity contribution in [3.8, 4) is 5.75 Å². The molecule has 0 saturated heterocycles. The van der Waals surface area contributed by atoms with E-state index in [2.05, 4.69) is 57.5 Å². The second-order valence-electron chi connectivity index (χ2n) is 5.98. The Labute approximate surface area is 121 Å². The first kappa shape index (κ1) is 14.9. The molecule has 1 atom stereocenters. The van der Waals surface area contributed by atoms with Gasteiger partial charge >= 0.3 is 0 Å². The summed E-state index contributed by atoms with van der Waals surface area (Å²) in [6.45, 7) is 8.35. The van der Waals surface area contributed by atoms with E-state index < -0.39 is 0 Å². The predicted octanol–water partition coefficient (Wildman–Crippen LogP) is 3.55. The Bertz CT molecular complexity index is 597. The van der Waals surface area contributed by atoms with Crippen molar-refractivity contribution in [3.63, 3.8) is 0 Å². The Morgan fingerprint density at radius 2 is 1.95 bits per heavy atom. The maximum absolute atomic E-state index is 5.91. The highest BCUT2D eigenvalue weighted by Crippen LogP contribution is 2.30. The van der Waals surface area contributed by atoms with E-state index in [1.165, 1.54) is 22.2 Å². The van der Waals surface area contributed by atoms with Gasteiger partial charge in [-0.25, -0.2) is 0 Å². The van der Waals surface area contributed by atoms with Crippen molar-refractivity contribution in [1.82, 2.24) is 4.57 Å². The summed E-state index contributed by atoms with van der Waals surface area (Å²) in [4.78, 5) is 0. The van der Waals surface area contributed by atoms with Crippen molar-refractivity contribution in [1.29, 1.82) is 0 Å². The van der Waals surface area contributed by atoms with Crippen molar-refractivity contribution < 1.29 is 4.74 Å². The van der Waals surface area contributed by atoms with Crippen LogP contribution in [0.15, 0.2) is 18.2 Å². The molecule has 0 radical (unpaired) electrons. The van der Waals surface area contributed by atoms with E-state index in [1.807, 2.05) is 0 Å². The molecule has 1 unspecified atom stereocenters. The van der Waals surface area contributed by atoms with Crippen LogP contribution >= 0.6 is 0 Å². The first-order valence-corrected chi connectivity index (χ1v) is 7.40. The van der Waals surface area contributed by atoms with Crippen molar-refractivity contribution in [2.24, 2.45) is 12.8 Å². The van der Waals surface area contributed by atoms with E-state index in [1.54, 1.807) is 0 Å². The maximum atomic E-state index is 5.91. The number of aryl methyl sites for hydroxylation is 2. The molecule has 2 aromatic rings. The van der Waals surface area contributed by atoms with Crippen molar-refractivity contribution in [2.45, 2.75) is 52.7 Å². The minimum Gasteiger partial charge on any atom is -0.491 e. The number of hydrogen-bond acceptors (Lipinski definition) is 2. The summed E-state index contributed by atoms with van der Waals surface area (Å²) in [5.41, 5.74) is 9.89. The average molecular weight is 274 g/mol. The molecule has 0 fully saturated rings. The third-order valence-corrected chi connectivity index (χ3v) is 3.82. The lowest BCUT2D eigenvalue weighted by Crippen LogP contribution is -2.15. The Morgan fingerprint density at radius 3 is 2.55 bits per heavy atom. The molecule has 0 saturated carbocycles. The molecule has 110 valence electrons. The zero-order chi connectivity index (χ0) is 14.9. The van der Waals surface area contributed by atoms with E-state index in [0.29, 0.717) is 0 Å². The Hall–Kier alpha value is -1.48. The molecule has 1 heterocycles. The van der Waals surface area contributed by atoms with E-state index in [4.69, 9.17) is 10.5 Å². The van der Waals surface area contributed by atoms with Crippen LogP contribution in [0.3, 0.4) is 0 Å². The number of nitrogens with zero attached hydrogens (tertiary/aromatic N) is 1. The van der Waals surface area contributed by atoms with E-state index >= 15 is 0 Å². The van der Waals surface area contributed by atoms with Crippen LogP contribution in [0.4, 0.5) is 0 Å². The normalized spacial score (nSPS) is 13.2. The summed E-state index contributed by atoms with van der Waals surface area (Å²) < 4.78 is 8.07. The molecular weight excluding hydrogens is 248 g/mol. The van der Waals surface area contributed by atoms with Crippen molar-refractivity contribution >= 4 is 10.9 Å². The molecule has 0 bridgehead atoms. The van der Waals surface area contributed by atoms with Gasteiger partial charge in [0.2, 0.25) is 0 Å². The maximum Gasteiger partial charge on any atom is 0.120 e. The summed E-state index contributed by atoms with van der Waals surface area (Å²) in [6, 6.07) is 6.60. The third kappa shape index (κ3) is 2.98. The van der Waals surface area contributed by atoms with E-state index in [9.17, 15) is 0 Å². The number of nitrogens with two attached hydrogens (primary N) is 1. The summed E-state index contributed by atoms with van der Waals surface area (Å²) in [7, 11) is 2.12. The fourth-order valence-electron chi connectivity index (χ4n) is 2.66. The largest absolute Gasteiger partial charge is 0.491 e. The Morgan fingerprint density at radius 1 is 1.25 bits per heavy atom. The third-order valence-electron chi connectivity index (χ3n) is 3.82. The molecule has 3 heteroatoms. The number of ether oxygens (including phenoxy) is 1. The highest BCUT2D eigenvalue weighted by atomic mass is 16.5. The molecule has 2 N–H and O–H groups in total. The van der Waals surface area contributed by atoms with Gasteiger partial charge in [-0.15, -0.1) is 0 Å². The number of aromatic nitrogens is 1. The second kappa shape index (κ2) is 5.88. The molecule has 0 aliphatic carbocycles. The minimum absolute atomic E-state index is 0.199. The van der Waals surface area contributed by atoms with Gasteiger partial charge in [-0.3, -0.25) is 0 Å². The van der Waals surface area contributed by atoms with Crippen LogP contribution in [0.5, 0.6) is 5.75 Å². The lowest BCUT2D eigenvalue weighted by molar-refractivity contribution is 0.243. The highest BCUT2D eigenvalue weighted by Gasteiger charge is 2.13. The summed E-state index contributed by atoms with van der Waals surface area (Å²) in [6.07, 6.45) is 2.23. The SMILES string of the molecule is Cc1c(CCC(C)N)c2cc(OC(C)C)ccc2n1C. The van der Waals surface area contributed by atoms with Crippen LogP contribution in [-0.4, -0.2) is 16.7 Å². The number of benzene rings is 1. The van der Waals surface area contributed by atoms with Gasteiger partial charge in [0.25, 0.3) is 0 Å². The van der Waals surface area contributed by atoms with Gasteiger partial charge in [0.15, 0.2) is 0 Å². The molecule has 3 nitrogen and oxygen atoms in total. The molecule has 2 rings (SSSR count). The molecule has 20 heavy (non-hydrogen) atoms. The molecule has 1 aromatic carbocycles. The monoisotopic (exact) mass is 274 g/mol. The smallest absolute Gasteiger partial charge is 0.120 e. The first-order valence-electron chi connectivity index (χ1n) is 7.40. The topological polar surface area (TPSA) is 40.2 Å². The van der Waals surface area contributed by atoms with Crippen LogP contribution in [-0.2, 0) is 13.5 Å². The zero-order valence-corrected chi connectivity index (χ0v) is 13.2. The lowest BCUT2D eigenvalue weighted by atomic mass is 10.0. The number of rotatable bonds is 5. The average Bonchev–Trinajstić information content (AvgIpc) is 2.59. The number of hydrogen-bond donors (Lipinski definition) is 1. The summed E-state index contributed by atoms with van der Waals surface area (Å²) >= 11 is 0. The first-order chi connectivity index (χ1) is 9.40. The van der Waals surface area contributed by atoms with E-state index in [-0.39, 0.29) is 12.1 Å². The van der Waals surface area contributed by atoms with Crippen molar-refractivity contribution in [3.05, 3.63) is 29.5 Å². The fraction of sp³-hybridized carbons (Fsp3) is 0.529.